The third-order valence-corrected chi connectivity index (χ3v) is 5.49. The monoisotopic (exact) mass is 385 g/mol. The van der Waals surface area contributed by atoms with Gasteiger partial charge < -0.3 is 4.57 Å². The van der Waals surface area contributed by atoms with Crippen LogP contribution in [-0.4, -0.2) is 31.7 Å². The van der Waals surface area contributed by atoms with Gasteiger partial charge in [-0.1, -0.05) is 13.8 Å². The van der Waals surface area contributed by atoms with E-state index in [1.54, 1.807) is 12.1 Å². The minimum atomic E-state index is -3.54. The maximum Gasteiger partial charge on any atom is 0.239 e. The minimum absolute atomic E-state index is 0.0186. The predicted octanol–water partition coefficient (Wildman–Crippen LogP) is 3.06. The van der Waals surface area contributed by atoms with Gasteiger partial charge in [0.15, 0.2) is 0 Å². The maximum atomic E-state index is 13.3. The van der Waals surface area contributed by atoms with Crippen LogP contribution in [-0.2, 0) is 20.8 Å². The SMILES string of the molecule is CC(C)c1nc(N(C)S(C)(=O)=O)nc(-c2ccc(F)cc2)c1C[PH2]=O. The van der Waals surface area contributed by atoms with E-state index in [2.05, 4.69) is 9.97 Å². The van der Waals surface area contributed by atoms with Gasteiger partial charge >= 0.3 is 0 Å². The first-order valence-electron chi connectivity index (χ1n) is 7.69. The summed E-state index contributed by atoms with van der Waals surface area (Å²) in [6.07, 6.45) is 1.36. The van der Waals surface area contributed by atoms with E-state index in [9.17, 15) is 17.4 Å². The van der Waals surface area contributed by atoms with Crippen molar-refractivity contribution in [3.8, 4) is 11.3 Å². The largest absolute Gasteiger partial charge is 0.330 e. The van der Waals surface area contributed by atoms with Crippen LogP contribution < -0.4 is 4.31 Å². The quantitative estimate of drug-likeness (QED) is 0.714. The lowest BCUT2D eigenvalue weighted by atomic mass is 9.99. The molecule has 25 heavy (non-hydrogen) atoms. The molecule has 0 radical (unpaired) electrons. The lowest BCUT2D eigenvalue weighted by Gasteiger charge is -2.20. The molecule has 0 amide bonds. The van der Waals surface area contributed by atoms with Crippen molar-refractivity contribution in [2.75, 3.05) is 17.6 Å². The van der Waals surface area contributed by atoms with Gasteiger partial charge in [-0.2, -0.15) is 0 Å². The van der Waals surface area contributed by atoms with Crippen molar-refractivity contribution in [2.45, 2.75) is 25.9 Å². The molecule has 0 saturated carbocycles. The summed E-state index contributed by atoms with van der Waals surface area (Å²) in [4.78, 5) is 8.79. The third-order valence-electron chi connectivity index (χ3n) is 3.76. The molecule has 6 nitrogen and oxygen atoms in total. The van der Waals surface area contributed by atoms with E-state index in [-0.39, 0.29) is 17.7 Å². The standard InChI is InChI=1S/C16H21FN3O3PS/c1-10(2)14-13(9-24-21)15(11-5-7-12(17)8-6-11)19-16(18-14)20(3)25(4,22)23/h5-8,10H,9,24H2,1-4H3. The Balaban J connectivity index is 2.79. The van der Waals surface area contributed by atoms with Crippen molar-refractivity contribution in [1.29, 1.82) is 0 Å². The normalized spacial score (nSPS) is 12.2. The number of hydrogen-bond acceptors (Lipinski definition) is 5. The van der Waals surface area contributed by atoms with Crippen molar-refractivity contribution in [2.24, 2.45) is 0 Å². The molecule has 0 fully saturated rings. The van der Waals surface area contributed by atoms with Gasteiger partial charge in [-0.05, 0) is 30.2 Å². The Labute approximate surface area is 148 Å². The number of halogens is 1. The highest BCUT2D eigenvalue weighted by atomic mass is 32.2. The molecule has 0 N–H and O–H groups in total. The summed E-state index contributed by atoms with van der Waals surface area (Å²) in [5, 5.41) is 0. The fraction of sp³-hybridized carbons (Fsp3) is 0.375. The molecule has 0 saturated heterocycles. The number of sulfonamides is 1. The Kier molecular flexibility index (Phi) is 5.95. The third kappa shape index (κ3) is 4.44. The second-order valence-corrected chi connectivity index (χ2v) is 8.75. The van der Waals surface area contributed by atoms with Gasteiger partial charge in [-0.3, -0.25) is 0 Å². The zero-order valence-electron chi connectivity index (χ0n) is 14.5. The van der Waals surface area contributed by atoms with Crippen LogP contribution >= 0.6 is 8.46 Å². The molecule has 1 atom stereocenters. The van der Waals surface area contributed by atoms with Gasteiger partial charge in [0.1, 0.15) is 5.82 Å². The minimum Gasteiger partial charge on any atom is -0.330 e. The molecule has 1 unspecified atom stereocenters. The summed E-state index contributed by atoms with van der Waals surface area (Å²) in [5.41, 5.74) is 2.45. The number of benzene rings is 1. The smallest absolute Gasteiger partial charge is 0.239 e. The topological polar surface area (TPSA) is 80.2 Å². The molecule has 136 valence electrons. The summed E-state index contributed by atoms with van der Waals surface area (Å²) in [5.74, 6) is -0.364. The van der Waals surface area contributed by atoms with E-state index in [0.29, 0.717) is 28.7 Å². The Bertz CT molecular complexity index is 886. The zero-order chi connectivity index (χ0) is 18.8. The van der Waals surface area contributed by atoms with E-state index < -0.39 is 18.5 Å². The van der Waals surface area contributed by atoms with Crippen LogP contribution in [0.5, 0.6) is 0 Å². The van der Waals surface area contributed by atoms with Gasteiger partial charge in [0.05, 0.1) is 26.1 Å². The second kappa shape index (κ2) is 7.62. The highest BCUT2D eigenvalue weighted by Gasteiger charge is 2.22. The van der Waals surface area contributed by atoms with E-state index in [0.717, 1.165) is 10.6 Å². The summed E-state index contributed by atoms with van der Waals surface area (Å²) in [6.45, 7) is 3.84. The Morgan fingerprint density at radius 2 is 1.80 bits per heavy atom. The predicted molar refractivity (Wildman–Crippen MR) is 98.9 cm³/mol. The Morgan fingerprint density at radius 3 is 2.28 bits per heavy atom. The number of aromatic nitrogens is 2. The summed E-state index contributed by atoms with van der Waals surface area (Å²) >= 11 is 0. The molecule has 2 aromatic rings. The van der Waals surface area contributed by atoms with Crippen molar-refractivity contribution in [3.05, 3.63) is 41.3 Å². The van der Waals surface area contributed by atoms with E-state index in [1.807, 2.05) is 13.8 Å². The van der Waals surface area contributed by atoms with Crippen molar-refractivity contribution < 1.29 is 17.4 Å². The maximum absolute atomic E-state index is 13.3. The number of nitrogens with zero attached hydrogens (tertiary/aromatic N) is 3. The Hall–Kier alpha value is -1.79. The molecular formula is C16H21FN3O3PS. The van der Waals surface area contributed by atoms with Gasteiger partial charge in [0, 0.05) is 24.3 Å². The first-order valence-corrected chi connectivity index (χ1v) is 10.8. The first kappa shape index (κ1) is 19.5. The molecule has 9 heteroatoms. The second-order valence-electron chi connectivity index (χ2n) is 6.00. The van der Waals surface area contributed by atoms with Crippen LogP contribution in [0.15, 0.2) is 24.3 Å². The van der Waals surface area contributed by atoms with Crippen molar-refractivity contribution >= 4 is 24.4 Å². The van der Waals surface area contributed by atoms with Crippen LogP contribution in [0, 0.1) is 5.82 Å². The van der Waals surface area contributed by atoms with Gasteiger partial charge in [-0.15, -0.1) is 0 Å². The lowest BCUT2D eigenvalue weighted by Crippen LogP contribution is -2.27. The summed E-state index contributed by atoms with van der Waals surface area (Å²) in [7, 11) is -3.24. The first-order chi connectivity index (χ1) is 11.6. The zero-order valence-corrected chi connectivity index (χ0v) is 16.5. The molecule has 0 spiro atoms. The van der Waals surface area contributed by atoms with Crippen molar-refractivity contribution in [3.63, 3.8) is 0 Å². The van der Waals surface area contributed by atoms with Gasteiger partial charge in [0.25, 0.3) is 0 Å². The summed E-state index contributed by atoms with van der Waals surface area (Å²) < 4.78 is 49.3. The fourth-order valence-electron chi connectivity index (χ4n) is 2.39. The molecule has 1 aromatic carbocycles. The van der Waals surface area contributed by atoms with Crippen LogP contribution in [0.25, 0.3) is 11.3 Å². The number of anilines is 1. The van der Waals surface area contributed by atoms with Crippen LogP contribution in [0.2, 0.25) is 0 Å². The average molecular weight is 385 g/mol. The van der Waals surface area contributed by atoms with Crippen LogP contribution in [0.3, 0.4) is 0 Å². The molecule has 1 aromatic heterocycles. The molecule has 2 rings (SSSR count). The van der Waals surface area contributed by atoms with Crippen LogP contribution in [0.1, 0.15) is 31.0 Å². The van der Waals surface area contributed by atoms with Crippen molar-refractivity contribution in [1.82, 2.24) is 9.97 Å². The lowest BCUT2D eigenvalue weighted by molar-refractivity contribution is 0.596. The average Bonchev–Trinajstić information content (AvgIpc) is 2.54. The highest BCUT2D eigenvalue weighted by molar-refractivity contribution is 7.92. The van der Waals surface area contributed by atoms with Gasteiger partial charge in [0.2, 0.25) is 16.0 Å². The summed E-state index contributed by atoms with van der Waals surface area (Å²) in [6, 6.07) is 5.74. The van der Waals surface area contributed by atoms with Gasteiger partial charge in [-0.25, -0.2) is 27.1 Å². The highest BCUT2D eigenvalue weighted by Crippen LogP contribution is 2.32. The molecule has 0 aliphatic carbocycles. The molecular weight excluding hydrogens is 364 g/mol. The Morgan fingerprint density at radius 1 is 1.20 bits per heavy atom. The fourth-order valence-corrected chi connectivity index (χ4v) is 3.33. The number of rotatable bonds is 6. The van der Waals surface area contributed by atoms with E-state index in [4.69, 9.17) is 0 Å². The number of hydrogen-bond donors (Lipinski definition) is 0. The molecule has 1 heterocycles. The molecule has 0 aliphatic heterocycles. The van der Waals surface area contributed by atoms with Crippen LogP contribution in [0.4, 0.5) is 10.3 Å². The van der Waals surface area contributed by atoms with E-state index in [1.165, 1.54) is 19.2 Å². The molecule has 0 bridgehead atoms. The molecule has 0 aliphatic rings. The van der Waals surface area contributed by atoms with E-state index >= 15 is 0 Å².